The van der Waals surface area contributed by atoms with Gasteiger partial charge in [-0.2, -0.15) is 0 Å². The van der Waals surface area contributed by atoms with E-state index in [4.69, 9.17) is 10.2 Å². The number of carbonyl (C=O) groups is 3. The Balaban J connectivity index is -0.000000120. The molecule has 0 spiro atoms. The molecule has 0 aromatic carbocycles. The van der Waals surface area contributed by atoms with Crippen LogP contribution >= 0.6 is 0 Å². The maximum Gasteiger partial charge on any atom is 1.00 e. The van der Waals surface area contributed by atoms with Crippen LogP contribution in [0.3, 0.4) is 0 Å². The molecule has 0 saturated heterocycles. The van der Waals surface area contributed by atoms with Crippen molar-refractivity contribution in [1.29, 1.82) is 0 Å². The molecule has 0 aliphatic rings. The van der Waals surface area contributed by atoms with E-state index in [1.165, 1.54) is 6.92 Å². The van der Waals surface area contributed by atoms with Crippen LogP contribution in [0.5, 0.6) is 0 Å². The fraction of sp³-hybridized carbons (Fsp3) is 0.571. The summed E-state index contributed by atoms with van der Waals surface area (Å²) in [5, 5.41) is 18.9. The molecule has 0 fully saturated rings. The van der Waals surface area contributed by atoms with Gasteiger partial charge >= 0.3 is 115 Å². The standard InChI is InChI=1S/C7H11NO5.2K.2H/c1-4(9)8-5(7(12)13)2-3-6(10)11;;;;/h5H,2-3H2,1H3,(H,8,9)(H,10,11)(H,12,13);;;;/q;2*+1;2*-1/t5-;;;;/m0..../s1. The summed E-state index contributed by atoms with van der Waals surface area (Å²) >= 11 is 0. The van der Waals surface area contributed by atoms with Gasteiger partial charge in [-0.15, -0.1) is 0 Å². The first-order valence-corrected chi connectivity index (χ1v) is 3.65. The third-order valence-corrected chi connectivity index (χ3v) is 1.32. The minimum atomic E-state index is -1.23. The van der Waals surface area contributed by atoms with Gasteiger partial charge in [-0.3, -0.25) is 9.59 Å². The van der Waals surface area contributed by atoms with Crippen molar-refractivity contribution in [2.45, 2.75) is 25.8 Å². The number of aliphatic carboxylic acids is 2. The van der Waals surface area contributed by atoms with Crippen LogP contribution < -0.4 is 108 Å². The fourth-order valence-corrected chi connectivity index (χ4v) is 0.771. The molecule has 15 heavy (non-hydrogen) atoms. The first-order chi connectivity index (χ1) is 5.93. The number of hydrogen-bond donors (Lipinski definition) is 3. The van der Waals surface area contributed by atoms with E-state index >= 15 is 0 Å². The number of hydrogen-bond acceptors (Lipinski definition) is 3. The van der Waals surface area contributed by atoms with Crippen LogP contribution in [0.4, 0.5) is 0 Å². The largest absolute Gasteiger partial charge is 1.00 e. The van der Waals surface area contributed by atoms with Crippen molar-refractivity contribution < 1.29 is 130 Å². The Kier molecular flexibility index (Phi) is 17.7. The fourth-order valence-electron chi connectivity index (χ4n) is 0.771. The van der Waals surface area contributed by atoms with Crippen molar-refractivity contribution in [2.75, 3.05) is 0 Å². The third kappa shape index (κ3) is 13.6. The second-order valence-electron chi connectivity index (χ2n) is 2.52. The summed E-state index contributed by atoms with van der Waals surface area (Å²) in [6.45, 7) is 1.18. The Bertz CT molecular complexity index is 242. The third-order valence-electron chi connectivity index (χ3n) is 1.32. The molecule has 8 heteroatoms. The summed E-state index contributed by atoms with van der Waals surface area (Å²) < 4.78 is 0. The summed E-state index contributed by atoms with van der Waals surface area (Å²) in [6.07, 6.45) is -0.387. The minimum Gasteiger partial charge on any atom is -1.00 e. The van der Waals surface area contributed by atoms with Crippen LogP contribution in [0.25, 0.3) is 0 Å². The minimum absolute atomic E-state index is 0. The molecule has 1 amide bonds. The molecule has 78 valence electrons. The van der Waals surface area contributed by atoms with Gasteiger partial charge in [0, 0.05) is 13.3 Å². The van der Waals surface area contributed by atoms with Gasteiger partial charge in [-0.25, -0.2) is 4.79 Å². The van der Waals surface area contributed by atoms with Gasteiger partial charge in [0.25, 0.3) is 0 Å². The summed E-state index contributed by atoms with van der Waals surface area (Å²) in [5.41, 5.74) is 0. The molecule has 0 unspecified atom stereocenters. The molecule has 0 aromatic heterocycles. The van der Waals surface area contributed by atoms with Gasteiger partial charge in [-0.1, -0.05) is 0 Å². The van der Waals surface area contributed by atoms with Crippen LogP contribution in [-0.4, -0.2) is 34.1 Å². The van der Waals surface area contributed by atoms with E-state index in [0.717, 1.165) is 0 Å². The molecular formula is C7H13K2NO5. The van der Waals surface area contributed by atoms with Crippen LogP contribution in [0.15, 0.2) is 0 Å². The Morgan fingerprint density at radius 3 is 2.00 bits per heavy atom. The first kappa shape index (κ1) is 21.9. The summed E-state index contributed by atoms with van der Waals surface area (Å²) in [5.74, 6) is -2.80. The Labute approximate surface area is 175 Å². The molecule has 1 atom stereocenters. The zero-order valence-electron chi connectivity index (χ0n) is 11.1. The summed E-state index contributed by atoms with van der Waals surface area (Å²) in [4.78, 5) is 31.0. The predicted octanol–water partition coefficient (Wildman–Crippen LogP) is -6.33. The number of carbonyl (C=O) groups excluding carboxylic acids is 1. The van der Waals surface area contributed by atoms with Crippen molar-refractivity contribution in [3.8, 4) is 0 Å². The predicted molar refractivity (Wildman–Crippen MR) is 44.3 cm³/mol. The molecule has 0 aliphatic carbocycles. The monoisotopic (exact) mass is 269 g/mol. The van der Waals surface area contributed by atoms with Crippen molar-refractivity contribution >= 4 is 17.8 Å². The average Bonchev–Trinajstić information content (AvgIpc) is 1.96. The molecule has 0 rings (SSSR count). The topological polar surface area (TPSA) is 104 Å². The van der Waals surface area contributed by atoms with Gasteiger partial charge < -0.3 is 18.4 Å². The number of carboxylic acids is 2. The molecule has 3 N–H and O–H groups in total. The van der Waals surface area contributed by atoms with E-state index in [9.17, 15) is 14.4 Å². The van der Waals surface area contributed by atoms with Crippen LogP contribution in [0.2, 0.25) is 0 Å². The molecule has 0 heterocycles. The van der Waals surface area contributed by atoms with E-state index in [2.05, 4.69) is 5.32 Å². The number of nitrogens with one attached hydrogen (secondary N) is 1. The molecule has 0 bridgehead atoms. The normalized spacial score (nSPS) is 10.2. The molecular weight excluding hydrogens is 256 g/mol. The van der Waals surface area contributed by atoms with E-state index in [1.54, 1.807) is 0 Å². The zero-order valence-corrected chi connectivity index (χ0v) is 15.4. The second-order valence-corrected chi connectivity index (χ2v) is 2.52. The SMILES string of the molecule is CC(=O)N[C@@H](CCC(=O)O)C(=O)O.[H-].[H-].[K+].[K+]. The van der Waals surface area contributed by atoms with E-state index in [-0.39, 0.29) is 118 Å². The Hall–Kier alpha value is 1.68. The number of amides is 1. The van der Waals surface area contributed by atoms with E-state index in [0.29, 0.717) is 0 Å². The van der Waals surface area contributed by atoms with Crippen LogP contribution in [0.1, 0.15) is 22.6 Å². The number of rotatable bonds is 5. The van der Waals surface area contributed by atoms with Crippen LogP contribution in [0, 0.1) is 0 Å². The second kappa shape index (κ2) is 12.1. The Morgan fingerprint density at radius 2 is 1.73 bits per heavy atom. The van der Waals surface area contributed by atoms with Gasteiger partial charge in [0.1, 0.15) is 6.04 Å². The molecule has 0 aromatic rings. The Morgan fingerprint density at radius 1 is 1.27 bits per heavy atom. The number of carboxylic acid groups (broad SMARTS) is 2. The van der Waals surface area contributed by atoms with Crippen molar-refractivity contribution in [2.24, 2.45) is 0 Å². The molecule has 0 saturated carbocycles. The quantitative estimate of drug-likeness (QED) is 0.431. The molecule has 0 aliphatic heterocycles. The average molecular weight is 269 g/mol. The van der Waals surface area contributed by atoms with E-state index in [1.807, 2.05) is 0 Å². The van der Waals surface area contributed by atoms with Gasteiger partial charge in [0.05, 0.1) is 0 Å². The van der Waals surface area contributed by atoms with Crippen molar-refractivity contribution in [1.82, 2.24) is 5.32 Å². The molecule has 0 radical (unpaired) electrons. The van der Waals surface area contributed by atoms with Crippen LogP contribution in [-0.2, 0) is 14.4 Å². The maximum atomic E-state index is 10.5. The van der Waals surface area contributed by atoms with Gasteiger partial charge in [0.2, 0.25) is 5.91 Å². The summed E-state index contributed by atoms with van der Waals surface area (Å²) in [7, 11) is 0. The van der Waals surface area contributed by atoms with Crippen molar-refractivity contribution in [3.05, 3.63) is 0 Å². The summed E-state index contributed by atoms with van der Waals surface area (Å²) in [6, 6.07) is -1.12. The first-order valence-electron chi connectivity index (χ1n) is 3.65. The van der Waals surface area contributed by atoms with Gasteiger partial charge in [-0.05, 0) is 6.42 Å². The van der Waals surface area contributed by atoms with E-state index < -0.39 is 23.9 Å². The molecule has 6 nitrogen and oxygen atoms in total. The van der Waals surface area contributed by atoms with Crippen molar-refractivity contribution in [3.63, 3.8) is 0 Å². The zero-order chi connectivity index (χ0) is 10.4. The smallest absolute Gasteiger partial charge is 1.00 e. The maximum absolute atomic E-state index is 10.5. The van der Waals surface area contributed by atoms with Gasteiger partial charge in [0.15, 0.2) is 0 Å².